The Morgan fingerprint density at radius 3 is 2.52 bits per heavy atom. The van der Waals surface area contributed by atoms with Crippen LogP contribution in [0.1, 0.15) is 48.9 Å². The number of carbonyl (C=O) groups excluding carboxylic acids is 1. The van der Waals surface area contributed by atoms with Gasteiger partial charge < -0.3 is 10.1 Å². The summed E-state index contributed by atoms with van der Waals surface area (Å²) in [5, 5.41) is 3.07. The highest BCUT2D eigenvalue weighted by Gasteiger charge is 2.27. The van der Waals surface area contributed by atoms with Crippen molar-refractivity contribution in [3.8, 4) is 5.75 Å². The van der Waals surface area contributed by atoms with Gasteiger partial charge >= 0.3 is 0 Å². The molecule has 1 amide bonds. The van der Waals surface area contributed by atoms with Crippen molar-refractivity contribution in [3.63, 3.8) is 0 Å². The van der Waals surface area contributed by atoms with Crippen LogP contribution in [0.5, 0.6) is 5.75 Å². The standard InChI is InChI=1S/C24H30N2O4S/c1-3-17-26(22-15-8-9-16-23(22)30-2)31(28,29)21-14-10-11-19(18-21)24(27)25-20-12-6-4-5-7-13-20/h3,8-11,14-16,18,20H,1,4-7,12-13,17H2,2H3,(H,25,27). The van der Waals surface area contributed by atoms with Crippen molar-refractivity contribution < 1.29 is 17.9 Å². The lowest BCUT2D eigenvalue weighted by Crippen LogP contribution is -2.35. The molecule has 166 valence electrons. The minimum Gasteiger partial charge on any atom is -0.495 e. The molecule has 0 spiro atoms. The summed E-state index contributed by atoms with van der Waals surface area (Å²) in [4.78, 5) is 12.9. The summed E-state index contributed by atoms with van der Waals surface area (Å²) in [5.41, 5.74) is 0.752. The van der Waals surface area contributed by atoms with E-state index >= 15 is 0 Å². The molecule has 0 atom stereocenters. The summed E-state index contributed by atoms with van der Waals surface area (Å²) in [7, 11) is -2.45. The first-order valence-electron chi connectivity index (χ1n) is 10.6. The zero-order chi connectivity index (χ0) is 22.3. The van der Waals surface area contributed by atoms with Crippen molar-refractivity contribution in [2.24, 2.45) is 0 Å². The van der Waals surface area contributed by atoms with Gasteiger partial charge in [-0.1, -0.05) is 50.0 Å². The van der Waals surface area contributed by atoms with Crippen LogP contribution in [0.15, 0.2) is 66.1 Å². The highest BCUT2D eigenvalue weighted by molar-refractivity contribution is 7.92. The number of methoxy groups -OCH3 is 1. The van der Waals surface area contributed by atoms with E-state index in [1.54, 1.807) is 36.4 Å². The van der Waals surface area contributed by atoms with E-state index in [1.165, 1.54) is 42.5 Å². The number of para-hydroxylation sites is 2. The molecule has 0 bridgehead atoms. The minimum atomic E-state index is -3.94. The first-order chi connectivity index (χ1) is 15.0. The predicted molar refractivity (Wildman–Crippen MR) is 123 cm³/mol. The first kappa shape index (κ1) is 22.9. The maximum atomic E-state index is 13.5. The van der Waals surface area contributed by atoms with Crippen molar-refractivity contribution in [1.82, 2.24) is 5.32 Å². The van der Waals surface area contributed by atoms with Gasteiger partial charge in [0, 0.05) is 11.6 Å². The highest BCUT2D eigenvalue weighted by Crippen LogP contribution is 2.32. The molecule has 1 aliphatic carbocycles. The highest BCUT2D eigenvalue weighted by atomic mass is 32.2. The topological polar surface area (TPSA) is 75.7 Å². The third-order valence-electron chi connectivity index (χ3n) is 5.52. The molecule has 0 heterocycles. The van der Waals surface area contributed by atoms with Gasteiger partial charge in [-0.15, -0.1) is 6.58 Å². The summed E-state index contributed by atoms with van der Waals surface area (Å²) in [6, 6.07) is 13.2. The Morgan fingerprint density at radius 2 is 1.84 bits per heavy atom. The molecule has 7 heteroatoms. The molecule has 1 saturated carbocycles. The number of hydrogen-bond acceptors (Lipinski definition) is 4. The molecular weight excluding hydrogens is 412 g/mol. The number of nitrogens with one attached hydrogen (secondary N) is 1. The summed E-state index contributed by atoms with van der Waals surface area (Å²) in [6.07, 6.45) is 8.05. The van der Waals surface area contributed by atoms with Crippen LogP contribution in [0.25, 0.3) is 0 Å². The van der Waals surface area contributed by atoms with E-state index < -0.39 is 10.0 Å². The monoisotopic (exact) mass is 442 g/mol. The number of amides is 1. The van der Waals surface area contributed by atoms with Crippen molar-refractivity contribution in [1.29, 1.82) is 0 Å². The quantitative estimate of drug-likeness (QED) is 0.481. The zero-order valence-electron chi connectivity index (χ0n) is 17.9. The SMILES string of the molecule is C=CCN(c1ccccc1OC)S(=O)(=O)c1cccc(C(=O)NC2CCCCCC2)c1. The Labute approximate surface area is 185 Å². The summed E-state index contributed by atoms with van der Waals surface area (Å²) >= 11 is 0. The average Bonchev–Trinajstić information content (AvgIpc) is 3.06. The van der Waals surface area contributed by atoms with Gasteiger partial charge in [-0.3, -0.25) is 9.10 Å². The van der Waals surface area contributed by atoms with Gasteiger partial charge in [0.15, 0.2) is 0 Å². The second kappa shape index (κ2) is 10.5. The lowest BCUT2D eigenvalue weighted by molar-refractivity contribution is 0.0933. The second-order valence-corrected chi connectivity index (χ2v) is 9.55. The number of ether oxygens (including phenoxy) is 1. The Bertz CT molecular complexity index is 1010. The van der Waals surface area contributed by atoms with Crippen molar-refractivity contribution in [2.75, 3.05) is 18.0 Å². The molecule has 31 heavy (non-hydrogen) atoms. The molecule has 0 radical (unpaired) electrons. The zero-order valence-corrected chi connectivity index (χ0v) is 18.7. The Hall–Kier alpha value is -2.80. The molecule has 1 aliphatic rings. The van der Waals surface area contributed by atoms with Crippen LogP contribution in [0, 0.1) is 0 Å². The smallest absolute Gasteiger partial charge is 0.264 e. The third kappa shape index (κ3) is 5.47. The van der Waals surface area contributed by atoms with Gasteiger partial charge in [0.2, 0.25) is 0 Å². The number of hydrogen-bond donors (Lipinski definition) is 1. The van der Waals surface area contributed by atoms with Gasteiger partial charge in [0.25, 0.3) is 15.9 Å². The number of rotatable bonds is 8. The summed E-state index contributed by atoms with van der Waals surface area (Å²) < 4.78 is 33.6. The maximum absolute atomic E-state index is 13.5. The largest absolute Gasteiger partial charge is 0.495 e. The van der Waals surface area contributed by atoms with Gasteiger partial charge in [0.05, 0.1) is 24.2 Å². The van der Waals surface area contributed by atoms with Crippen molar-refractivity contribution >= 4 is 21.6 Å². The lowest BCUT2D eigenvalue weighted by atomic mass is 10.1. The normalized spacial score (nSPS) is 15.0. The summed E-state index contributed by atoms with van der Waals surface area (Å²) in [6.45, 7) is 3.77. The average molecular weight is 443 g/mol. The van der Waals surface area contributed by atoms with Crippen LogP contribution in [0.2, 0.25) is 0 Å². The molecule has 1 fully saturated rings. The van der Waals surface area contributed by atoms with Crippen LogP contribution in [-0.2, 0) is 10.0 Å². The molecule has 0 aliphatic heterocycles. The number of sulfonamides is 1. The van der Waals surface area contributed by atoms with Gasteiger partial charge in [-0.2, -0.15) is 0 Å². The van der Waals surface area contributed by atoms with E-state index in [2.05, 4.69) is 11.9 Å². The minimum absolute atomic E-state index is 0.0498. The van der Waals surface area contributed by atoms with Gasteiger partial charge in [-0.25, -0.2) is 8.42 Å². The van der Waals surface area contributed by atoms with E-state index in [0.717, 1.165) is 25.7 Å². The third-order valence-corrected chi connectivity index (χ3v) is 7.30. The molecule has 2 aromatic rings. The van der Waals surface area contributed by atoms with E-state index in [9.17, 15) is 13.2 Å². The molecule has 0 aromatic heterocycles. The Balaban J connectivity index is 1.89. The molecule has 2 aromatic carbocycles. The fourth-order valence-corrected chi connectivity index (χ4v) is 5.39. The fraction of sp³-hybridized carbons (Fsp3) is 0.375. The molecule has 1 N–H and O–H groups in total. The molecule has 6 nitrogen and oxygen atoms in total. The number of nitrogens with zero attached hydrogens (tertiary/aromatic N) is 1. The maximum Gasteiger partial charge on any atom is 0.264 e. The van der Waals surface area contributed by atoms with Crippen LogP contribution in [0.3, 0.4) is 0 Å². The molecule has 0 unspecified atom stereocenters. The summed E-state index contributed by atoms with van der Waals surface area (Å²) in [5.74, 6) is 0.201. The van der Waals surface area contributed by atoms with E-state index in [0.29, 0.717) is 17.0 Å². The van der Waals surface area contributed by atoms with E-state index in [-0.39, 0.29) is 23.4 Å². The van der Waals surface area contributed by atoms with Crippen molar-refractivity contribution in [2.45, 2.75) is 49.5 Å². The lowest BCUT2D eigenvalue weighted by Gasteiger charge is -2.25. The fourth-order valence-electron chi connectivity index (χ4n) is 3.90. The number of anilines is 1. The van der Waals surface area contributed by atoms with E-state index in [4.69, 9.17) is 4.74 Å². The Morgan fingerprint density at radius 1 is 1.13 bits per heavy atom. The van der Waals surface area contributed by atoms with Gasteiger partial charge in [-0.05, 0) is 43.2 Å². The number of carbonyl (C=O) groups is 1. The predicted octanol–water partition coefficient (Wildman–Crippen LogP) is 4.53. The van der Waals surface area contributed by atoms with Crippen LogP contribution < -0.4 is 14.4 Å². The first-order valence-corrected chi connectivity index (χ1v) is 12.1. The second-order valence-electron chi connectivity index (χ2n) is 7.69. The van der Waals surface area contributed by atoms with Crippen molar-refractivity contribution in [3.05, 3.63) is 66.7 Å². The van der Waals surface area contributed by atoms with E-state index in [1.807, 2.05) is 0 Å². The Kier molecular flexibility index (Phi) is 7.74. The van der Waals surface area contributed by atoms with Crippen LogP contribution in [-0.4, -0.2) is 34.0 Å². The van der Waals surface area contributed by atoms with Crippen LogP contribution in [0.4, 0.5) is 5.69 Å². The van der Waals surface area contributed by atoms with Gasteiger partial charge in [0.1, 0.15) is 5.75 Å². The van der Waals surface area contributed by atoms with Crippen LogP contribution >= 0.6 is 0 Å². The molecule has 0 saturated heterocycles. The molecular formula is C24H30N2O4S. The number of benzene rings is 2. The molecule has 3 rings (SSSR count).